The first-order valence-electron chi connectivity index (χ1n) is 12.2. The number of hydrogen-bond acceptors (Lipinski definition) is 6. The van der Waals surface area contributed by atoms with Crippen LogP contribution in [0.1, 0.15) is 57.6 Å². The average Bonchev–Trinajstić information content (AvgIpc) is 3.39. The predicted molar refractivity (Wildman–Crippen MR) is 124 cm³/mol. The van der Waals surface area contributed by atoms with Gasteiger partial charge >= 0.3 is 0 Å². The lowest BCUT2D eigenvalue weighted by Crippen LogP contribution is -2.62. The van der Waals surface area contributed by atoms with Crippen molar-refractivity contribution in [3.63, 3.8) is 0 Å². The van der Waals surface area contributed by atoms with Crippen LogP contribution in [0.15, 0.2) is 35.9 Å². The summed E-state index contributed by atoms with van der Waals surface area (Å²) in [6, 6.07) is 7.12. The zero-order valence-corrected chi connectivity index (χ0v) is 20.0. The molecule has 1 saturated carbocycles. The van der Waals surface area contributed by atoms with Crippen LogP contribution in [-0.2, 0) is 14.3 Å². The summed E-state index contributed by atoms with van der Waals surface area (Å²) < 4.78 is 17.7. The van der Waals surface area contributed by atoms with Gasteiger partial charge in [-0.2, -0.15) is 0 Å². The third-order valence-electron chi connectivity index (χ3n) is 8.13. The smallest absolute Gasteiger partial charge is 0.243 e. The molecule has 5 rings (SSSR count). The van der Waals surface area contributed by atoms with Gasteiger partial charge in [-0.15, -0.1) is 0 Å². The Balaban J connectivity index is 1.34. The second-order valence-electron chi connectivity index (χ2n) is 10.3. The van der Waals surface area contributed by atoms with Gasteiger partial charge in [0.15, 0.2) is 5.79 Å². The number of hydrogen-bond donors (Lipinski definition) is 1. The van der Waals surface area contributed by atoms with Gasteiger partial charge in [0.2, 0.25) is 5.91 Å². The summed E-state index contributed by atoms with van der Waals surface area (Å²) in [5.74, 6) is 0.324. The number of nitrogens with zero attached hydrogens (tertiary/aromatic N) is 2. The van der Waals surface area contributed by atoms with E-state index < -0.39 is 17.9 Å². The van der Waals surface area contributed by atoms with Gasteiger partial charge in [0.05, 0.1) is 13.2 Å². The number of carbonyl (C=O) groups is 1. The summed E-state index contributed by atoms with van der Waals surface area (Å²) in [4.78, 5) is 17.6. The summed E-state index contributed by atoms with van der Waals surface area (Å²) in [6.45, 7) is 6.73. The topological polar surface area (TPSA) is 71.5 Å². The van der Waals surface area contributed by atoms with Crippen LogP contribution in [-0.4, -0.2) is 77.6 Å². The molecule has 33 heavy (non-hydrogen) atoms. The maximum atomic E-state index is 13.4. The summed E-state index contributed by atoms with van der Waals surface area (Å²) in [5.41, 5.74) is 1.86. The van der Waals surface area contributed by atoms with Crippen LogP contribution in [0.2, 0.25) is 0 Å². The van der Waals surface area contributed by atoms with Crippen molar-refractivity contribution < 1.29 is 24.1 Å². The molecule has 4 atom stereocenters. The summed E-state index contributed by atoms with van der Waals surface area (Å²) >= 11 is 0. The maximum absolute atomic E-state index is 13.4. The number of likely N-dealkylation sites (N-methyl/N-ethyl adjacent to an activating group) is 1. The zero-order chi connectivity index (χ0) is 23.2. The number of rotatable bonds is 5. The van der Waals surface area contributed by atoms with Crippen molar-refractivity contribution in [3.05, 3.63) is 41.5 Å². The minimum atomic E-state index is -0.891. The fraction of sp³-hybridized carbons (Fsp3) is 0.654. The fourth-order valence-electron chi connectivity index (χ4n) is 6.16. The SMILES string of the molecule is CC(C)=CCOc1ccc(C(O)[C@H]2C(=O)N(C)[C@@H]3CN2C2(CCC4(CC2)OCCO4)C3)cc1. The highest BCUT2D eigenvalue weighted by Gasteiger charge is 2.60. The van der Waals surface area contributed by atoms with Gasteiger partial charge in [0, 0.05) is 38.0 Å². The van der Waals surface area contributed by atoms with Gasteiger partial charge < -0.3 is 24.2 Å². The monoisotopic (exact) mass is 456 g/mol. The van der Waals surface area contributed by atoms with Gasteiger partial charge in [-0.1, -0.05) is 17.7 Å². The van der Waals surface area contributed by atoms with E-state index in [0.717, 1.165) is 50.0 Å². The molecule has 2 spiro atoms. The van der Waals surface area contributed by atoms with Crippen LogP contribution in [0, 0.1) is 0 Å². The lowest BCUT2D eigenvalue weighted by atomic mass is 9.76. The Hall–Kier alpha value is -1.93. The summed E-state index contributed by atoms with van der Waals surface area (Å²) in [6.07, 6.45) is 5.61. The predicted octanol–water partition coefficient (Wildman–Crippen LogP) is 3.04. The van der Waals surface area contributed by atoms with Crippen molar-refractivity contribution in [1.82, 2.24) is 9.80 Å². The molecule has 4 fully saturated rings. The van der Waals surface area contributed by atoms with Crippen LogP contribution in [0.25, 0.3) is 0 Å². The number of amides is 1. The van der Waals surface area contributed by atoms with Crippen molar-refractivity contribution in [2.24, 2.45) is 0 Å². The second-order valence-corrected chi connectivity index (χ2v) is 10.3. The first kappa shape index (κ1) is 22.8. The molecule has 180 valence electrons. The number of ether oxygens (including phenoxy) is 3. The number of fused-ring (bicyclic) bond motifs is 3. The molecule has 1 aromatic carbocycles. The van der Waals surface area contributed by atoms with Gasteiger partial charge in [0.25, 0.3) is 0 Å². The highest BCUT2D eigenvalue weighted by molar-refractivity contribution is 5.84. The molecule has 2 unspecified atom stereocenters. The molecule has 0 radical (unpaired) electrons. The standard InChI is InChI=1S/C26H36N2O5/c1-18(2)8-13-31-21-6-4-19(5-7-21)23(29)22-24(30)27(3)20-16-25(28(22)17-20)9-11-26(12-10-25)32-14-15-33-26/h4-8,20,22-23,29H,9-17H2,1-3H3/t20-,22-,23?/m0/s1. The van der Waals surface area contributed by atoms with Crippen molar-refractivity contribution in [3.8, 4) is 5.75 Å². The Labute approximate surface area is 196 Å². The molecule has 7 heteroatoms. The van der Waals surface area contributed by atoms with Crippen LogP contribution in [0.3, 0.4) is 0 Å². The molecule has 1 N–H and O–H groups in total. The number of carbonyl (C=O) groups excluding carboxylic acids is 1. The average molecular weight is 457 g/mol. The Morgan fingerprint density at radius 2 is 1.85 bits per heavy atom. The second kappa shape index (κ2) is 8.69. The number of aliphatic hydroxyl groups is 1. The number of piperazine rings is 1. The zero-order valence-electron chi connectivity index (χ0n) is 20.0. The van der Waals surface area contributed by atoms with Gasteiger partial charge in [-0.3, -0.25) is 9.69 Å². The molecule has 0 aromatic heterocycles. The number of aliphatic hydroxyl groups excluding tert-OH is 1. The molecule has 3 heterocycles. The quantitative estimate of drug-likeness (QED) is 0.687. The van der Waals surface area contributed by atoms with Gasteiger partial charge in [-0.05, 0) is 56.9 Å². The Kier molecular flexibility index (Phi) is 6.02. The Morgan fingerprint density at radius 1 is 1.18 bits per heavy atom. The van der Waals surface area contributed by atoms with Gasteiger partial charge in [0.1, 0.15) is 24.5 Å². The minimum Gasteiger partial charge on any atom is -0.490 e. The molecule has 2 bridgehead atoms. The van der Waals surface area contributed by atoms with Crippen molar-refractivity contribution in [2.45, 2.75) is 75.5 Å². The van der Waals surface area contributed by atoms with Crippen molar-refractivity contribution >= 4 is 5.91 Å². The van der Waals surface area contributed by atoms with Crippen LogP contribution in [0.5, 0.6) is 5.75 Å². The first-order valence-corrected chi connectivity index (χ1v) is 12.2. The highest BCUT2D eigenvalue weighted by atomic mass is 16.7. The minimum absolute atomic E-state index is 0.00756. The number of benzene rings is 1. The van der Waals surface area contributed by atoms with Gasteiger partial charge in [-0.25, -0.2) is 0 Å². The maximum Gasteiger partial charge on any atom is 0.243 e. The molecule has 3 saturated heterocycles. The van der Waals surface area contributed by atoms with E-state index in [1.54, 1.807) is 0 Å². The molecular formula is C26H36N2O5. The third kappa shape index (κ3) is 4.09. The van der Waals surface area contributed by atoms with E-state index in [9.17, 15) is 9.90 Å². The fourth-order valence-corrected chi connectivity index (χ4v) is 6.16. The molecule has 1 amide bonds. The van der Waals surface area contributed by atoms with E-state index >= 15 is 0 Å². The molecular weight excluding hydrogens is 420 g/mol. The normalized spacial score (nSPS) is 30.6. The molecule has 7 nitrogen and oxygen atoms in total. The number of allylic oxidation sites excluding steroid dienone is 1. The lowest BCUT2D eigenvalue weighted by Gasteiger charge is -2.49. The van der Waals surface area contributed by atoms with Crippen LogP contribution in [0.4, 0.5) is 0 Å². The van der Waals surface area contributed by atoms with E-state index in [1.165, 1.54) is 5.57 Å². The van der Waals surface area contributed by atoms with E-state index in [-0.39, 0.29) is 17.5 Å². The molecule has 4 aliphatic rings. The molecule has 1 aromatic rings. The van der Waals surface area contributed by atoms with Crippen LogP contribution >= 0.6 is 0 Å². The lowest BCUT2D eigenvalue weighted by molar-refractivity contribution is -0.195. The van der Waals surface area contributed by atoms with Crippen molar-refractivity contribution in [1.29, 1.82) is 0 Å². The highest BCUT2D eigenvalue weighted by Crippen LogP contribution is 2.51. The largest absolute Gasteiger partial charge is 0.490 e. The summed E-state index contributed by atoms with van der Waals surface area (Å²) in [7, 11) is 1.89. The summed E-state index contributed by atoms with van der Waals surface area (Å²) in [5, 5.41) is 11.4. The Morgan fingerprint density at radius 3 is 2.48 bits per heavy atom. The Bertz CT molecular complexity index is 894. The van der Waals surface area contributed by atoms with Crippen LogP contribution < -0.4 is 4.74 Å². The van der Waals surface area contributed by atoms with E-state index in [4.69, 9.17) is 14.2 Å². The van der Waals surface area contributed by atoms with E-state index in [1.807, 2.05) is 56.1 Å². The van der Waals surface area contributed by atoms with E-state index in [0.29, 0.717) is 19.8 Å². The molecule has 1 aliphatic carbocycles. The third-order valence-corrected chi connectivity index (χ3v) is 8.13. The molecule has 3 aliphatic heterocycles. The first-order chi connectivity index (χ1) is 15.8. The van der Waals surface area contributed by atoms with Crippen molar-refractivity contribution in [2.75, 3.05) is 33.4 Å². The van der Waals surface area contributed by atoms with E-state index in [2.05, 4.69) is 4.90 Å².